The normalized spacial score (nSPS) is 15.9. The van der Waals surface area contributed by atoms with Crippen LogP contribution in [0.4, 0.5) is 13.2 Å². The lowest BCUT2D eigenvalue weighted by Gasteiger charge is -2.18. The second-order valence-corrected chi connectivity index (χ2v) is 5.27. The molecule has 17 heavy (non-hydrogen) atoms. The van der Waals surface area contributed by atoms with Gasteiger partial charge in [-0.15, -0.1) is 11.3 Å². The highest BCUT2D eigenvalue weighted by Gasteiger charge is 2.38. The fourth-order valence-electron chi connectivity index (χ4n) is 1.45. The molecule has 2 unspecified atom stereocenters. The summed E-state index contributed by atoms with van der Waals surface area (Å²) in [5, 5.41) is 12.4. The van der Waals surface area contributed by atoms with Crippen LogP contribution in [0.1, 0.15) is 28.5 Å². The van der Waals surface area contributed by atoms with Crippen molar-refractivity contribution in [1.29, 1.82) is 0 Å². The van der Waals surface area contributed by atoms with E-state index in [1.165, 1.54) is 11.3 Å². The zero-order chi connectivity index (χ0) is 13.2. The van der Waals surface area contributed by atoms with Crippen LogP contribution in [0.5, 0.6) is 0 Å². The zero-order valence-electron chi connectivity index (χ0n) is 9.80. The van der Waals surface area contributed by atoms with Gasteiger partial charge < -0.3 is 10.4 Å². The number of aliphatic hydroxyl groups excluding tert-OH is 1. The molecule has 7 heteroatoms. The Balaban J connectivity index is 2.56. The highest BCUT2D eigenvalue weighted by molar-refractivity contribution is 7.11. The summed E-state index contributed by atoms with van der Waals surface area (Å²) in [6.45, 7) is 4.92. The number of hydrogen-bond donors (Lipinski definition) is 2. The van der Waals surface area contributed by atoms with Crippen LogP contribution in [0, 0.1) is 13.8 Å². The smallest absolute Gasteiger partial charge is 0.382 e. The van der Waals surface area contributed by atoms with Gasteiger partial charge in [-0.2, -0.15) is 13.2 Å². The van der Waals surface area contributed by atoms with Crippen molar-refractivity contribution in [2.24, 2.45) is 0 Å². The molecule has 1 rings (SSSR count). The first-order valence-electron chi connectivity index (χ1n) is 5.14. The molecule has 0 aliphatic rings. The monoisotopic (exact) mass is 268 g/mol. The molecule has 0 bridgehead atoms. The minimum Gasteiger partial charge on any atom is -0.382 e. The van der Waals surface area contributed by atoms with Crippen molar-refractivity contribution in [3.05, 3.63) is 15.6 Å². The summed E-state index contributed by atoms with van der Waals surface area (Å²) < 4.78 is 36.2. The third kappa shape index (κ3) is 3.93. The van der Waals surface area contributed by atoms with E-state index in [1.54, 1.807) is 6.92 Å². The van der Waals surface area contributed by atoms with Crippen molar-refractivity contribution in [1.82, 2.24) is 10.3 Å². The average Bonchev–Trinajstić information content (AvgIpc) is 2.52. The maximum atomic E-state index is 12.1. The summed E-state index contributed by atoms with van der Waals surface area (Å²) in [6.07, 6.45) is -6.93. The summed E-state index contributed by atoms with van der Waals surface area (Å²) in [4.78, 5) is 5.22. The van der Waals surface area contributed by atoms with E-state index in [9.17, 15) is 13.2 Å². The van der Waals surface area contributed by atoms with Gasteiger partial charge in [-0.1, -0.05) is 0 Å². The molecule has 0 saturated heterocycles. The Morgan fingerprint density at radius 1 is 1.41 bits per heavy atom. The van der Waals surface area contributed by atoms with Crippen LogP contribution in [0.3, 0.4) is 0 Å². The molecule has 98 valence electrons. The molecular weight excluding hydrogens is 253 g/mol. The number of thiazole rings is 1. The largest absolute Gasteiger partial charge is 0.415 e. The van der Waals surface area contributed by atoms with Gasteiger partial charge in [0.1, 0.15) is 0 Å². The lowest BCUT2D eigenvalue weighted by atomic mass is 10.2. The van der Waals surface area contributed by atoms with E-state index >= 15 is 0 Å². The van der Waals surface area contributed by atoms with Crippen LogP contribution >= 0.6 is 11.3 Å². The minimum atomic E-state index is -4.58. The quantitative estimate of drug-likeness (QED) is 0.881. The van der Waals surface area contributed by atoms with Gasteiger partial charge in [0.25, 0.3) is 0 Å². The van der Waals surface area contributed by atoms with E-state index in [1.807, 2.05) is 13.8 Å². The lowest BCUT2D eigenvalue weighted by Crippen LogP contribution is -2.39. The number of rotatable bonds is 4. The van der Waals surface area contributed by atoms with Crippen molar-refractivity contribution >= 4 is 11.3 Å². The molecule has 0 radical (unpaired) electrons. The Hall–Kier alpha value is -0.660. The first kappa shape index (κ1) is 14.4. The van der Waals surface area contributed by atoms with Gasteiger partial charge in [-0.3, -0.25) is 0 Å². The summed E-state index contributed by atoms with van der Waals surface area (Å²) in [7, 11) is 0. The van der Waals surface area contributed by atoms with E-state index in [2.05, 4.69) is 10.3 Å². The Labute approximate surface area is 102 Å². The molecule has 0 fully saturated rings. The van der Waals surface area contributed by atoms with Crippen LogP contribution in [-0.2, 0) is 0 Å². The molecule has 0 amide bonds. The SMILES string of the molecule is Cc1nc(C(C)NCC(O)C(F)(F)F)c(C)s1. The van der Waals surface area contributed by atoms with E-state index in [4.69, 9.17) is 5.11 Å². The second kappa shape index (κ2) is 5.32. The van der Waals surface area contributed by atoms with Gasteiger partial charge in [0, 0.05) is 17.5 Å². The van der Waals surface area contributed by atoms with E-state index in [0.717, 1.165) is 15.6 Å². The highest BCUT2D eigenvalue weighted by atomic mass is 32.1. The number of hydrogen-bond acceptors (Lipinski definition) is 4. The maximum absolute atomic E-state index is 12.1. The van der Waals surface area contributed by atoms with Gasteiger partial charge in [0.05, 0.1) is 10.7 Å². The standard InChI is InChI=1S/C10H15F3N2OS/c1-5(9-6(2)17-7(3)15-9)14-4-8(16)10(11,12)13/h5,8,14,16H,4H2,1-3H3. The summed E-state index contributed by atoms with van der Waals surface area (Å²) in [5.41, 5.74) is 0.738. The van der Waals surface area contributed by atoms with E-state index in [0.29, 0.717) is 0 Å². The van der Waals surface area contributed by atoms with Crippen LogP contribution in [0.15, 0.2) is 0 Å². The Morgan fingerprint density at radius 2 is 2.00 bits per heavy atom. The molecule has 0 aromatic carbocycles. The van der Waals surface area contributed by atoms with Gasteiger partial charge in [-0.25, -0.2) is 4.98 Å². The fraction of sp³-hybridized carbons (Fsp3) is 0.700. The number of aliphatic hydroxyl groups is 1. The molecule has 3 nitrogen and oxygen atoms in total. The van der Waals surface area contributed by atoms with Crippen molar-refractivity contribution in [3.8, 4) is 0 Å². The molecule has 1 aromatic heterocycles. The van der Waals surface area contributed by atoms with Crippen molar-refractivity contribution in [2.45, 2.75) is 39.1 Å². The van der Waals surface area contributed by atoms with Crippen molar-refractivity contribution < 1.29 is 18.3 Å². The fourth-order valence-corrected chi connectivity index (χ4v) is 2.36. The van der Waals surface area contributed by atoms with E-state index in [-0.39, 0.29) is 6.04 Å². The first-order valence-corrected chi connectivity index (χ1v) is 5.95. The summed E-state index contributed by atoms with van der Waals surface area (Å²) in [5.74, 6) is 0. The van der Waals surface area contributed by atoms with Crippen LogP contribution in [0.25, 0.3) is 0 Å². The van der Waals surface area contributed by atoms with Crippen molar-refractivity contribution in [2.75, 3.05) is 6.54 Å². The first-order chi connectivity index (χ1) is 7.71. The Morgan fingerprint density at radius 3 is 2.41 bits per heavy atom. The second-order valence-electron chi connectivity index (χ2n) is 3.86. The molecule has 0 aliphatic heterocycles. The topological polar surface area (TPSA) is 45.2 Å². The predicted octanol–water partition coefficient (Wildman–Crippen LogP) is 2.33. The molecule has 1 heterocycles. The minimum absolute atomic E-state index is 0.308. The van der Waals surface area contributed by atoms with Crippen LogP contribution < -0.4 is 5.32 Å². The zero-order valence-corrected chi connectivity index (χ0v) is 10.6. The molecule has 2 N–H and O–H groups in total. The number of nitrogens with zero attached hydrogens (tertiary/aromatic N) is 1. The van der Waals surface area contributed by atoms with Crippen molar-refractivity contribution in [3.63, 3.8) is 0 Å². The predicted molar refractivity (Wildman–Crippen MR) is 60.1 cm³/mol. The molecule has 2 atom stereocenters. The Kier molecular flexibility index (Phi) is 4.51. The van der Waals surface area contributed by atoms with Crippen LogP contribution in [0.2, 0.25) is 0 Å². The molecular formula is C10H15F3N2OS. The average molecular weight is 268 g/mol. The number of aromatic nitrogens is 1. The number of alkyl halides is 3. The summed E-state index contributed by atoms with van der Waals surface area (Å²) >= 11 is 1.50. The number of halogens is 3. The van der Waals surface area contributed by atoms with E-state index < -0.39 is 18.8 Å². The third-order valence-corrected chi connectivity index (χ3v) is 3.25. The highest BCUT2D eigenvalue weighted by Crippen LogP contribution is 2.23. The summed E-state index contributed by atoms with van der Waals surface area (Å²) in [6, 6.07) is -0.308. The molecule has 0 saturated carbocycles. The molecule has 0 spiro atoms. The number of nitrogens with one attached hydrogen (secondary N) is 1. The number of aryl methyl sites for hydroxylation is 2. The van der Waals surface area contributed by atoms with Gasteiger partial charge in [0.2, 0.25) is 0 Å². The van der Waals surface area contributed by atoms with Gasteiger partial charge in [0.15, 0.2) is 6.10 Å². The lowest BCUT2D eigenvalue weighted by molar-refractivity contribution is -0.202. The van der Waals surface area contributed by atoms with Gasteiger partial charge in [-0.05, 0) is 20.8 Å². The third-order valence-electron chi connectivity index (χ3n) is 2.34. The Bertz CT molecular complexity index is 378. The van der Waals surface area contributed by atoms with Gasteiger partial charge >= 0.3 is 6.18 Å². The molecule has 1 aromatic rings. The molecule has 0 aliphatic carbocycles. The maximum Gasteiger partial charge on any atom is 0.415 e. The van der Waals surface area contributed by atoms with Crippen LogP contribution in [-0.4, -0.2) is 28.9 Å².